The summed E-state index contributed by atoms with van der Waals surface area (Å²) in [7, 11) is 0. The molecule has 0 aromatic heterocycles. The molecule has 0 heterocycles. The summed E-state index contributed by atoms with van der Waals surface area (Å²) >= 11 is -28.8. The molecule has 0 aliphatic carbocycles. The van der Waals surface area contributed by atoms with Crippen LogP contribution in [-0.2, 0) is 151 Å². The van der Waals surface area contributed by atoms with Crippen LogP contribution in [0.15, 0.2) is 0 Å². The minimum atomic E-state index is -5.75. The smallest absolute Gasteiger partial charge is 5.00 e. The van der Waals surface area contributed by atoms with E-state index < -0.39 is 68.1 Å². The van der Waals surface area contributed by atoms with Crippen molar-refractivity contribution in [1.29, 1.82) is 0 Å². The molecule has 0 aliphatic heterocycles. The van der Waals surface area contributed by atoms with E-state index >= 15 is 0 Å². The van der Waals surface area contributed by atoms with Crippen molar-refractivity contribution in [2.45, 2.75) is 0 Å². The molecular formula is Cr5O20Ta2. The molecule has 0 aromatic rings. The van der Waals surface area contributed by atoms with E-state index in [-0.39, 0.29) is 44.8 Å². The largest absolute Gasteiger partial charge is 5.00 e. The predicted octanol–water partition coefficient (Wildman–Crippen LogP) is -13.1. The van der Waals surface area contributed by atoms with Gasteiger partial charge in [0.2, 0.25) is 0 Å². The van der Waals surface area contributed by atoms with Crippen LogP contribution in [0.2, 0.25) is 0 Å². The molecule has 0 spiro atoms. The van der Waals surface area contributed by atoms with Gasteiger partial charge in [-0.2, -0.15) is 0 Å². The van der Waals surface area contributed by atoms with Crippen molar-refractivity contribution in [3.8, 4) is 0 Å². The van der Waals surface area contributed by atoms with E-state index in [0.29, 0.717) is 0 Å². The Morgan fingerprint density at radius 2 is 0.259 bits per heavy atom. The Bertz CT molecular complexity index is 619. The van der Waals surface area contributed by atoms with Crippen molar-refractivity contribution in [1.82, 2.24) is 0 Å². The molecule has 0 amide bonds. The van der Waals surface area contributed by atoms with Crippen LogP contribution in [0.4, 0.5) is 0 Å². The second-order valence-corrected chi connectivity index (χ2v) is 8.42. The molecule has 0 bridgehead atoms. The van der Waals surface area contributed by atoms with E-state index in [1.54, 1.807) is 0 Å². The van der Waals surface area contributed by atoms with E-state index in [4.69, 9.17) is 79.6 Å². The number of rotatable bonds is 0. The summed E-state index contributed by atoms with van der Waals surface area (Å²) in [5.41, 5.74) is 0. The molecule has 0 aromatic carbocycles. The SMILES string of the molecule is [O]=[Cr](=[O])([O-])[O-].[O]=[Cr](=[O])([O-])[O-].[O]=[Cr](=[O])([O-])[O-].[O]=[Cr](=[O])([O-])[O-].[O]=[Cr](=[O])([O-])[O-].[Ta+5].[Ta+5]. The van der Waals surface area contributed by atoms with Crippen LogP contribution < -0.4 is 41.6 Å². The summed E-state index contributed by atoms with van der Waals surface area (Å²) < 4.78 is 172. The minimum absolute atomic E-state index is 0. The third kappa shape index (κ3) is 6050. The van der Waals surface area contributed by atoms with Crippen molar-refractivity contribution >= 4 is 0 Å². The maximum atomic E-state index is 8.59. The van der Waals surface area contributed by atoms with Crippen LogP contribution in [0.3, 0.4) is 0 Å². The molecule has 0 rings (SSSR count). The zero-order valence-electron chi connectivity index (χ0n) is 11.1. The van der Waals surface area contributed by atoms with Crippen LogP contribution in [0.1, 0.15) is 0 Å². The van der Waals surface area contributed by atoms with Crippen molar-refractivity contribution in [2.24, 2.45) is 0 Å². The van der Waals surface area contributed by atoms with E-state index in [1.165, 1.54) is 0 Å². The van der Waals surface area contributed by atoms with Crippen LogP contribution in [0.5, 0.6) is 0 Å². The molecular weight excluding hydrogens is 942 g/mol. The molecule has 20 nitrogen and oxygen atoms in total. The van der Waals surface area contributed by atoms with E-state index in [0.717, 1.165) is 0 Å². The molecule has 0 fully saturated rings. The number of hydrogen-bond acceptors (Lipinski definition) is 20. The summed E-state index contributed by atoms with van der Waals surface area (Å²) in [4.78, 5) is 0. The van der Waals surface area contributed by atoms with Gasteiger partial charge in [-0.1, -0.05) is 0 Å². The molecule has 0 saturated carbocycles. The molecule has 27 heavy (non-hydrogen) atoms. The maximum Gasteiger partial charge on any atom is 5.00 e. The summed E-state index contributed by atoms with van der Waals surface area (Å²) in [6, 6.07) is 0. The Morgan fingerprint density at radius 1 is 0.259 bits per heavy atom. The first-order valence-corrected chi connectivity index (χ1v) is 13.7. The molecule has 0 unspecified atom stereocenters. The van der Waals surface area contributed by atoms with Crippen LogP contribution >= 0.6 is 0 Å². The van der Waals surface area contributed by atoms with Gasteiger partial charge in [-0.15, -0.1) is 0 Å². The monoisotopic (exact) mass is 941 g/mol. The first-order chi connectivity index (χ1) is 10.0. The van der Waals surface area contributed by atoms with Crippen LogP contribution in [0.25, 0.3) is 0 Å². The van der Waals surface area contributed by atoms with Gasteiger partial charge in [-0.05, 0) is 0 Å². The fourth-order valence-electron chi connectivity index (χ4n) is 0. The van der Waals surface area contributed by atoms with Gasteiger partial charge in [-0.25, -0.2) is 0 Å². The summed E-state index contributed by atoms with van der Waals surface area (Å²) in [6.07, 6.45) is 0. The zero-order valence-corrected chi connectivity index (χ0v) is 23.9. The Hall–Kier alpha value is 1.74. The Labute approximate surface area is 190 Å². The Balaban J connectivity index is -0.0000000364. The molecule has 0 N–H and O–H groups in total. The minimum Gasteiger partial charge on any atom is 5.00 e. The van der Waals surface area contributed by atoms with Crippen LogP contribution in [-0.4, -0.2) is 0 Å². The van der Waals surface area contributed by atoms with Gasteiger partial charge < -0.3 is 0 Å². The quantitative estimate of drug-likeness (QED) is 0.218. The standard InChI is InChI=1S/5Cr.20O.2Ta/q;;;;;;;;;;;;;;;10*-1;2*+5. The third-order valence-electron chi connectivity index (χ3n) is 0. The summed E-state index contributed by atoms with van der Waals surface area (Å²) in [5.74, 6) is 0. The third-order valence-corrected chi connectivity index (χ3v) is 0. The first-order valence-electron chi connectivity index (χ1n) is 3.33. The van der Waals surface area contributed by atoms with Crippen molar-refractivity contribution < 1.29 is 192 Å². The van der Waals surface area contributed by atoms with Gasteiger partial charge in [-0.3, -0.25) is 0 Å². The van der Waals surface area contributed by atoms with Crippen molar-refractivity contribution in [2.75, 3.05) is 0 Å². The fourth-order valence-corrected chi connectivity index (χ4v) is 0. The van der Waals surface area contributed by atoms with E-state index in [1.807, 2.05) is 0 Å². The average molecular weight is 942 g/mol. The molecule has 160 valence electrons. The van der Waals surface area contributed by atoms with Crippen LogP contribution in [0, 0.1) is 0 Å². The second-order valence-electron chi connectivity index (χ2n) is 2.04. The Morgan fingerprint density at radius 3 is 0.259 bits per heavy atom. The molecule has 0 saturated heterocycles. The van der Waals surface area contributed by atoms with Gasteiger partial charge in [0.25, 0.3) is 0 Å². The van der Waals surface area contributed by atoms with Gasteiger partial charge in [0.05, 0.1) is 0 Å². The molecule has 0 aliphatic rings. The zero-order chi connectivity index (χ0) is 22.5. The van der Waals surface area contributed by atoms with Crippen molar-refractivity contribution in [3.05, 3.63) is 0 Å². The molecule has 0 radical (unpaired) electrons. The normalized spacial score (nSPS) is 10.7. The molecule has 27 heteroatoms. The van der Waals surface area contributed by atoms with Gasteiger partial charge in [0, 0.05) is 0 Å². The fraction of sp³-hybridized carbons (Fsp3) is 0. The summed E-state index contributed by atoms with van der Waals surface area (Å²) in [5, 5.41) is 0. The summed E-state index contributed by atoms with van der Waals surface area (Å²) in [6.45, 7) is 0. The number of hydrogen-bond donors (Lipinski definition) is 0. The average Bonchev–Trinajstić information content (AvgIpc) is 1.79. The molecule has 0 atom stereocenters. The maximum absolute atomic E-state index is 8.59. The van der Waals surface area contributed by atoms with Gasteiger partial charge in [0.1, 0.15) is 0 Å². The second kappa shape index (κ2) is 19.7. The van der Waals surface area contributed by atoms with Gasteiger partial charge in [0.15, 0.2) is 0 Å². The van der Waals surface area contributed by atoms with Crippen molar-refractivity contribution in [3.63, 3.8) is 0 Å². The Kier molecular flexibility index (Phi) is 34.1. The van der Waals surface area contributed by atoms with E-state index in [2.05, 4.69) is 0 Å². The first kappa shape index (κ1) is 46.8. The predicted molar refractivity (Wildman–Crippen MR) is 6.86 cm³/mol. The topological polar surface area (TPSA) is 401 Å². The van der Waals surface area contributed by atoms with Gasteiger partial charge >= 0.3 is 192 Å². The van der Waals surface area contributed by atoms with E-state index in [9.17, 15) is 0 Å².